The number of carbonyl (C=O) groups excluding carboxylic acids is 2. The van der Waals surface area contributed by atoms with Crippen LogP contribution in [0, 0.1) is 12.8 Å². The highest BCUT2D eigenvalue weighted by Crippen LogP contribution is 2.39. The third kappa shape index (κ3) is 4.88. The normalized spacial score (nSPS) is 19.5. The highest BCUT2D eigenvalue weighted by molar-refractivity contribution is 5.94. The van der Waals surface area contributed by atoms with E-state index in [0.717, 1.165) is 22.4 Å². The first-order valence-corrected chi connectivity index (χ1v) is 10.6. The number of benzene rings is 1. The van der Waals surface area contributed by atoms with Crippen molar-refractivity contribution in [1.29, 1.82) is 0 Å². The van der Waals surface area contributed by atoms with Crippen molar-refractivity contribution in [3.63, 3.8) is 0 Å². The Morgan fingerprint density at radius 1 is 1.29 bits per heavy atom. The lowest BCUT2D eigenvalue weighted by Gasteiger charge is -2.30. The number of likely N-dealkylation sites (tertiary alicyclic amines) is 1. The summed E-state index contributed by atoms with van der Waals surface area (Å²) in [4.78, 5) is 31.3. The van der Waals surface area contributed by atoms with E-state index in [0.29, 0.717) is 26.0 Å². The summed E-state index contributed by atoms with van der Waals surface area (Å²) in [5.74, 6) is 0.319. The molecule has 2 amide bonds. The molecule has 1 fully saturated rings. The van der Waals surface area contributed by atoms with E-state index in [2.05, 4.69) is 4.98 Å². The minimum Gasteiger partial charge on any atom is -0.489 e. The summed E-state index contributed by atoms with van der Waals surface area (Å²) in [7, 11) is 0. The number of rotatable bonds is 8. The maximum Gasteiger partial charge on any atom is 0.266 e. The Labute approximate surface area is 183 Å². The number of carbonyl (C=O) groups is 2. The van der Waals surface area contributed by atoms with Crippen LogP contribution in [0.15, 0.2) is 42.7 Å². The van der Waals surface area contributed by atoms with E-state index < -0.39 is 17.4 Å². The van der Waals surface area contributed by atoms with E-state index in [9.17, 15) is 9.59 Å². The Bertz CT molecular complexity index is 932. The summed E-state index contributed by atoms with van der Waals surface area (Å²) in [5, 5.41) is 9.16. The van der Waals surface area contributed by atoms with Gasteiger partial charge in [-0.2, -0.15) is 0 Å². The van der Waals surface area contributed by atoms with Gasteiger partial charge >= 0.3 is 0 Å². The van der Waals surface area contributed by atoms with Gasteiger partial charge in [0.1, 0.15) is 18.4 Å². The lowest BCUT2D eigenvalue weighted by Crippen LogP contribution is -2.49. The minimum atomic E-state index is -0.724. The summed E-state index contributed by atoms with van der Waals surface area (Å²) < 4.78 is 5.90. The van der Waals surface area contributed by atoms with Gasteiger partial charge < -0.3 is 9.64 Å². The molecule has 0 aliphatic carbocycles. The standard InChI is InChI=1S/C24H31N3O4/c1-16(2)13-21(22(28)26-30)27-12-9-24(4,23(27)29)20-6-5-19(14-17(20)3)31-15-18-7-10-25-11-8-18/h5-8,10-11,14,16,21,30H,9,12-13,15H2,1-4H3,(H,26,28). The monoisotopic (exact) mass is 425 g/mol. The summed E-state index contributed by atoms with van der Waals surface area (Å²) in [6.07, 6.45) is 4.57. The molecule has 2 N–H and O–H groups in total. The molecule has 3 rings (SSSR count). The largest absolute Gasteiger partial charge is 0.489 e. The zero-order valence-corrected chi connectivity index (χ0v) is 18.6. The smallest absolute Gasteiger partial charge is 0.266 e. The van der Waals surface area contributed by atoms with Gasteiger partial charge in [0.05, 0.1) is 5.41 Å². The zero-order chi connectivity index (χ0) is 22.6. The Kier molecular flexibility index (Phi) is 6.95. The van der Waals surface area contributed by atoms with Gasteiger partial charge in [-0.1, -0.05) is 19.9 Å². The van der Waals surface area contributed by atoms with Gasteiger partial charge in [0.15, 0.2) is 0 Å². The maximum atomic E-state index is 13.4. The van der Waals surface area contributed by atoms with Gasteiger partial charge in [-0.3, -0.25) is 19.8 Å². The van der Waals surface area contributed by atoms with Crippen LogP contribution in [0.3, 0.4) is 0 Å². The molecule has 7 heteroatoms. The van der Waals surface area contributed by atoms with Gasteiger partial charge in [-0.05, 0) is 73.6 Å². The van der Waals surface area contributed by atoms with Crippen LogP contribution in [-0.2, 0) is 21.6 Å². The molecule has 0 spiro atoms. The fraction of sp³-hybridized carbons (Fsp3) is 0.458. The number of pyridine rings is 1. The van der Waals surface area contributed by atoms with Gasteiger partial charge in [-0.15, -0.1) is 0 Å². The van der Waals surface area contributed by atoms with Crippen LogP contribution in [-0.4, -0.2) is 39.5 Å². The Morgan fingerprint density at radius 3 is 2.61 bits per heavy atom. The van der Waals surface area contributed by atoms with Crippen LogP contribution >= 0.6 is 0 Å². The molecule has 1 aromatic carbocycles. The van der Waals surface area contributed by atoms with Crippen LogP contribution < -0.4 is 10.2 Å². The average molecular weight is 426 g/mol. The molecule has 2 atom stereocenters. The first-order chi connectivity index (χ1) is 14.8. The molecule has 1 aliphatic rings. The number of hydrogen-bond acceptors (Lipinski definition) is 5. The Hall–Kier alpha value is -2.93. The predicted octanol–water partition coefficient (Wildman–Crippen LogP) is 3.38. The number of aromatic nitrogens is 1. The van der Waals surface area contributed by atoms with E-state index in [1.165, 1.54) is 0 Å². The third-order valence-electron chi connectivity index (χ3n) is 6.02. The second-order valence-electron chi connectivity index (χ2n) is 8.82. The topological polar surface area (TPSA) is 91.8 Å². The number of nitrogens with zero attached hydrogens (tertiary/aromatic N) is 2. The Balaban J connectivity index is 1.78. The first kappa shape index (κ1) is 22.7. The minimum absolute atomic E-state index is 0.0877. The van der Waals surface area contributed by atoms with Crippen molar-refractivity contribution in [3.05, 3.63) is 59.4 Å². The van der Waals surface area contributed by atoms with E-state index in [-0.39, 0.29) is 11.8 Å². The SMILES string of the molecule is Cc1cc(OCc2ccncc2)ccc1C1(C)CCN(C(CC(C)C)C(=O)NO)C1=O. The zero-order valence-electron chi connectivity index (χ0n) is 18.6. The summed E-state index contributed by atoms with van der Waals surface area (Å²) in [5.41, 5.74) is 3.94. The van der Waals surface area contributed by atoms with Gasteiger partial charge in [0, 0.05) is 18.9 Å². The molecule has 2 unspecified atom stereocenters. The van der Waals surface area contributed by atoms with E-state index in [4.69, 9.17) is 9.94 Å². The number of nitrogens with one attached hydrogen (secondary N) is 1. The number of amides is 2. The van der Waals surface area contributed by atoms with Crippen LogP contribution in [0.1, 0.15) is 50.3 Å². The number of ether oxygens (including phenoxy) is 1. The van der Waals surface area contributed by atoms with Crippen molar-refractivity contribution in [2.75, 3.05) is 6.54 Å². The fourth-order valence-electron chi connectivity index (χ4n) is 4.30. The summed E-state index contributed by atoms with van der Waals surface area (Å²) in [6, 6.07) is 8.92. The molecule has 166 valence electrons. The molecule has 7 nitrogen and oxygen atoms in total. The lowest BCUT2D eigenvalue weighted by molar-refractivity contribution is -0.144. The van der Waals surface area contributed by atoms with Gasteiger partial charge in [-0.25, -0.2) is 5.48 Å². The van der Waals surface area contributed by atoms with Crippen LogP contribution in [0.2, 0.25) is 0 Å². The molecule has 31 heavy (non-hydrogen) atoms. The van der Waals surface area contributed by atoms with Crippen molar-refractivity contribution in [2.24, 2.45) is 5.92 Å². The molecule has 1 aliphatic heterocycles. The molecule has 0 radical (unpaired) electrons. The first-order valence-electron chi connectivity index (χ1n) is 10.6. The Morgan fingerprint density at radius 2 is 2.00 bits per heavy atom. The summed E-state index contributed by atoms with van der Waals surface area (Å²) >= 11 is 0. The van der Waals surface area contributed by atoms with Crippen molar-refractivity contribution in [2.45, 2.75) is 58.6 Å². The molecule has 1 saturated heterocycles. The average Bonchev–Trinajstić information content (AvgIpc) is 3.05. The van der Waals surface area contributed by atoms with Gasteiger partial charge in [0.25, 0.3) is 5.91 Å². The third-order valence-corrected chi connectivity index (χ3v) is 6.02. The van der Waals surface area contributed by atoms with E-state index in [1.807, 2.05) is 58.0 Å². The number of aryl methyl sites for hydroxylation is 1. The molecule has 0 bridgehead atoms. The molecule has 2 aromatic rings. The second-order valence-corrected chi connectivity index (χ2v) is 8.82. The molecule has 1 aromatic heterocycles. The molecule has 2 heterocycles. The van der Waals surface area contributed by atoms with Crippen LogP contribution in [0.5, 0.6) is 5.75 Å². The van der Waals surface area contributed by atoms with E-state index >= 15 is 0 Å². The van der Waals surface area contributed by atoms with Crippen LogP contribution in [0.4, 0.5) is 0 Å². The van der Waals surface area contributed by atoms with Gasteiger partial charge in [0.2, 0.25) is 5.91 Å². The van der Waals surface area contributed by atoms with Crippen LogP contribution in [0.25, 0.3) is 0 Å². The maximum absolute atomic E-state index is 13.4. The van der Waals surface area contributed by atoms with Crippen molar-refractivity contribution >= 4 is 11.8 Å². The van der Waals surface area contributed by atoms with Crippen molar-refractivity contribution < 1.29 is 19.5 Å². The number of hydroxylamine groups is 1. The molecule has 0 saturated carbocycles. The highest BCUT2D eigenvalue weighted by Gasteiger charge is 2.48. The van der Waals surface area contributed by atoms with E-state index in [1.54, 1.807) is 22.8 Å². The predicted molar refractivity (Wildman–Crippen MR) is 117 cm³/mol. The molecular weight excluding hydrogens is 394 g/mol. The van der Waals surface area contributed by atoms with Crippen molar-refractivity contribution in [3.8, 4) is 5.75 Å². The molecular formula is C24H31N3O4. The lowest BCUT2D eigenvalue weighted by atomic mass is 9.78. The van der Waals surface area contributed by atoms with Crippen molar-refractivity contribution in [1.82, 2.24) is 15.4 Å². The highest BCUT2D eigenvalue weighted by atomic mass is 16.5. The quantitative estimate of drug-likeness (QED) is 0.500. The number of hydrogen-bond donors (Lipinski definition) is 2. The summed E-state index contributed by atoms with van der Waals surface area (Å²) in [6.45, 7) is 8.80. The second kappa shape index (κ2) is 9.47. The fourth-order valence-corrected chi connectivity index (χ4v) is 4.30.